The Morgan fingerprint density at radius 2 is 1.78 bits per heavy atom. The number of anilines is 1. The zero-order valence-corrected chi connectivity index (χ0v) is 14.1. The molecule has 2 rings (SSSR count). The minimum Gasteiger partial charge on any atom is -0.494 e. The van der Waals surface area contributed by atoms with Crippen LogP contribution in [-0.2, 0) is 23.1 Å². The van der Waals surface area contributed by atoms with Crippen molar-refractivity contribution in [1.29, 1.82) is 0 Å². The molecule has 0 bridgehead atoms. The fourth-order valence-corrected chi connectivity index (χ4v) is 3.23. The number of ether oxygens (including phenoxy) is 1. The van der Waals surface area contributed by atoms with Crippen LogP contribution in [0.5, 0.6) is 5.75 Å². The van der Waals surface area contributed by atoms with E-state index in [1.807, 2.05) is 13.8 Å². The summed E-state index contributed by atoms with van der Waals surface area (Å²) in [5.41, 5.74) is 2.00. The summed E-state index contributed by atoms with van der Waals surface area (Å²) in [5.74, 6) is 0.547. The molecule has 0 radical (unpaired) electrons. The minimum atomic E-state index is -3.66. The average molecular weight is 335 g/mol. The summed E-state index contributed by atoms with van der Waals surface area (Å²) >= 11 is 0. The molecule has 0 saturated carbocycles. The SMILES string of the molecule is CCOc1ccc(NS(=O)(=O)c2ccc(CC)cc2)cc1CO. The van der Waals surface area contributed by atoms with Gasteiger partial charge in [-0.25, -0.2) is 8.42 Å². The number of rotatable bonds is 7. The Balaban J connectivity index is 2.25. The van der Waals surface area contributed by atoms with Crippen molar-refractivity contribution >= 4 is 15.7 Å². The molecule has 124 valence electrons. The van der Waals surface area contributed by atoms with Crippen molar-refractivity contribution in [3.63, 3.8) is 0 Å². The van der Waals surface area contributed by atoms with Crippen LogP contribution in [0.3, 0.4) is 0 Å². The molecular weight excluding hydrogens is 314 g/mol. The molecule has 5 nitrogen and oxygen atoms in total. The van der Waals surface area contributed by atoms with Crippen molar-refractivity contribution in [3.8, 4) is 5.75 Å². The molecule has 0 aliphatic heterocycles. The van der Waals surface area contributed by atoms with Crippen molar-refractivity contribution in [2.75, 3.05) is 11.3 Å². The fraction of sp³-hybridized carbons (Fsp3) is 0.294. The van der Waals surface area contributed by atoms with E-state index in [1.54, 1.807) is 42.5 Å². The molecule has 0 fully saturated rings. The van der Waals surface area contributed by atoms with Gasteiger partial charge in [0.1, 0.15) is 5.75 Å². The van der Waals surface area contributed by atoms with E-state index in [9.17, 15) is 13.5 Å². The van der Waals surface area contributed by atoms with E-state index in [2.05, 4.69) is 4.72 Å². The normalized spacial score (nSPS) is 11.3. The van der Waals surface area contributed by atoms with E-state index in [-0.39, 0.29) is 11.5 Å². The maximum absolute atomic E-state index is 12.4. The maximum atomic E-state index is 12.4. The lowest BCUT2D eigenvalue weighted by molar-refractivity contribution is 0.267. The highest BCUT2D eigenvalue weighted by Gasteiger charge is 2.15. The van der Waals surface area contributed by atoms with Gasteiger partial charge in [-0.1, -0.05) is 19.1 Å². The van der Waals surface area contributed by atoms with Crippen LogP contribution >= 0.6 is 0 Å². The van der Waals surface area contributed by atoms with E-state index in [4.69, 9.17) is 4.74 Å². The van der Waals surface area contributed by atoms with Crippen molar-refractivity contribution in [3.05, 3.63) is 53.6 Å². The number of hydrogen-bond acceptors (Lipinski definition) is 4. The van der Waals surface area contributed by atoms with Gasteiger partial charge in [0.05, 0.1) is 18.1 Å². The molecule has 0 amide bonds. The average Bonchev–Trinajstić information content (AvgIpc) is 2.56. The van der Waals surface area contributed by atoms with Gasteiger partial charge in [0.15, 0.2) is 0 Å². The van der Waals surface area contributed by atoms with E-state index >= 15 is 0 Å². The van der Waals surface area contributed by atoms with Crippen LogP contribution in [0.15, 0.2) is 47.4 Å². The van der Waals surface area contributed by atoms with Crippen LogP contribution in [0.1, 0.15) is 25.0 Å². The third-order valence-electron chi connectivity index (χ3n) is 3.42. The lowest BCUT2D eigenvalue weighted by Gasteiger charge is -2.12. The Hall–Kier alpha value is -2.05. The highest BCUT2D eigenvalue weighted by molar-refractivity contribution is 7.92. The molecule has 0 heterocycles. The summed E-state index contributed by atoms with van der Waals surface area (Å²) in [6.45, 7) is 4.10. The first kappa shape index (κ1) is 17.3. The lowest BCUT2D eigenvalue weighted by atomic mass is 10.2. The maximum Gasteiger partial charge on any atom is 0.261 e. The van der Waals surface area contributed by atoms with Gasteiger partial charge in [0.25, 0.3) is 10.0 Å². The predicted octanol–water partition coefficient (Wildman–Crippen LogP) is 2.94. The van der Waals surface area contributed by atoms with Gasteiger partial charge >= 0.3 is 0 Å². The topological polar surface area (TPSA) is 75.6 Å². The molecule has 0 aliphatic carbocycles. The number of nitrogens with one attached hydrogen (secondary N) is 1. The van der Waals surface area contributed by atoms with Crippen LogP contribution in [-0.4, -0.2) is 20.1 Å². The van der Waals surface area contributed by atoms with Crippen LogP contribution in [0.4, 0.5) is 5.69 Å². The Morgan fingerprint density at radius 1 is 1.09 bits per heavy atom. The molecule has 0 aromatic heterocycles. The van der Waals surface area contributed by atoms with Gasteiger partial charge in [-0.15, -0.1) is 0 Å². The molecule has 0 atom stereocenters. The summed E-state index contributed by atoms with van der Waals surface area (Å²) in [4.78, 5) is 0.203. The highest BCUT2D eigenvalue weighted by Crippen LogP contribution is 2.25. The number of aliphatic hydroxyl groups is 1. The van der Waals surface area contributed by atoms with Crippen molar-refractivity contribution in [2.45, 2.75) is 31.8 Å². The molecule has 0 saturated heterocycles. The standard InChI is InChI=1S/C17H21NO4S/c1-3-13-5-8-16(9-6-13)23(20,21)18-15-7-10-17(22-4-2)14(11-15)12-19/h5-11,18-19H,3-4,12H2,1-2H3. The molecule has 23 heavy (non-hydrogen) atoms. The number of aryl methyl sites for hydroxylation is 1. The molecule has 0 unspecified atom stereocenters. The third-order valence-corrected chi connectivity index (χ3v) is 4.82. The lowest BCUT2D eigenvalue weighted by Crippen LogP contribution is -2.13. The first-order valence-electron chi connectivity index (χ1n) is 7.48. The highest BCUT2D eigenvalue weighted by atomic mass is 32.2. The second-order valence-corrected chi connectivity index (χ2v) is 6.70. The first-order valence-corrected chi connectivity index (χ1v) is 8.96. The Bertz CT molecular complexity index is 755. The molecule has 2 aromatic carbocycles. The van der Waals surface area contributed by atoms with Crippen LogP contribution in [0, 0.1) is 0 Å². The summed E-state index contributed by atoms with van der Waals surface area (Å²) in [5, 5.41) is 9.39. The van der Waals surface area contributed by atoms with Gasteiger partial charge in [-0.05, 0) is 49.2 Å². The van der Waals surface area contributed by atoms with E-state index < -0.39 is 10.0 Å². The third kappa shape index (κ3) is 4.24. The predicted molar refractivity (Wildman–Crippen MR) is 90.2 cm³/mol. The summed E-state index contributed by atoms with van der Waals surface area (Å²) in [6.07, 6.45) is 0.854. The van der Waals surface area contributed by atoms with Crippen molar-refractivity contribution in [2.24, 2.45) is 0 Å². The van der Waals surface area contributed by atoms with E-state index in [0.717, 1.165) is 12.0 Å². The fourth-order valence-electron chi connectivity index (χ4n) is 2.18. The van der Waals surface area contributed by atoms with E-state index in [1.165, 1.54) is 0 Å². The number of sulfonamides is 1. The van der Waals surface area contributed by atoms with Crippen LogP contribution in [0.2, 0.25) is 0 Å². The molecule has 6 heteroatoms. The Morgan fingerprint density at radius 3 is 2.35 bits per heavy atom. The largest absolute Gasteiger partial charge is 0.494 e. The van der Waals surface area contributed by atoms with Crippen LogP contribution < -0.4 is 9.46 Å². The second-order valence-electron chi connectivity index (χ2n) is 5.02. The summed E-state index contributed by atoms with van der Waals surface area (Å²) in [7, 11) is -3.66. The minimum absolute atomic E-state index is 0.203. The number of benzene rings is 2. The number of hydrogen-bond donors (Lipinski definition) is 2. The van der Waals surface area contributed by atoms with Crippen LogP contribution in [0.25, 0.3) is 0 Å². The smallest absolute Gasteiger partial charge is 0.261 e. The summed E-state index contributed by atoms with van der Waals surface area (Å²) < 4.78 is 32.7. The second kappa shape index (κ2) is 7.48. The zero-order chi connectivity index (χ0) is 16.9. The van der Waals surface area contributed by atoms with Gasteiger partial charge in [-0.2, -0.15) is 0 Å². The quantitative estimate of drug-likeness (QED) is 0.816. The monoisotopic (exact) mass is 335 g/mol. The Kier molecular flexibility index (Phi) is 5.63. The van der Waals surface area contributed by atoms with Gasteiger partial charge in [0.2, 0.25) is 0 Å². The Labute approximate surface area is 137 Å². The van der Waals surface area contributed by atoms with Gasteiger partial charge in [0, 0.05) is 11.3 Å². The zero-order valence-electron chi connectivity index (χ0n) is 13.2. The van der Waals surface area contributed by atoms with Crippen molar-refractivity contribution < 1.29 is 18.3 Å². The van der Waals surface area contributed by atoms with Crippen molar-refractivity contribution in [1.82, 2.24) is 0 Å². The van der Waals surface area contributed by atoms with E-state index in [0.29, 0.717) is 23.6 Å². The number of aliphatic hydroxyl groups excluding tert-OH is 1. The first-order chi connectivity index (χ1) is 11.0. The van der Waals surface area contributed by atoms with Gasteiger partial charge < -0.3 is 9.84 Å². The van der Waals surface area contributed by atoms with Gasteiger partial charge in [-0.3, -0.25) is 4.72 Å². The molecule has 2 aromatic rings. The molecular formula is C17H21NO4S. The molecule has 2 N–H and O–H groups in total. The molecule has 0 spiro atoms. The molecule has 0 aliphatic rings. The summed E-state index contributed by atoms with van der Waals surface area (Å²) in [6, 6.07) is 11.6.